The van der Waals surface area contributed by atoms with Gasteiger partial charge >= 0.3 is 0 Å². The van der Waals surface area contributed by atoms with Gasteiger partial charge in [-0.25, -0.2) is 15.0 Å². The van der Waals surface area contributed by atoms with Gasteiger partial charge in [0, 0.05) is 29.2 Å². The summed E-state index contributed by atoms with van der Waals surface area (Å²) in [5.74, 6) is 1.80. The molecule has 0 aliphatic heterocycles. The molecular weight excluding hydrogens is 298 g/mol. The second kappa shape index (κ2) is 7.29. The Morgan fingerprint density at radius 1 is 1.04 bits per heavy atom. The highest BCUT2D eigenvalue weighted by Crippen LogP contribution is 2.25. The number of aryl methyl sites for hydroxylation is 2. The monoisotopic (exact) mass is 327 g/mol. The van der Waals surface area contributed by atoms with E-state index in [1.54, 1.807) is 6.20 Å². The molecule has 0 spiro atoms. The van der Waals surface area contributed by atoms with Crippen molar-refractivity contribution in [3.8, 4) is 17.3 Å². The van der Waals surface area contributed by atoms with Gasteiger partial charge in [-0.1, -0.05) is 34.6 Å². The summed E-state index contributed by atoms with van der Waals surface area (Å²) in [6.45, 7) is 15.7. The van der Waals surface area contributed by atoms with E-state index < -0.39 is 0 Å². The zero-order valence-electron chi connectivity index (χ0n) is 16.0. The van der Waals surface area contributed by atoms with Gasteiger partial charge in [0.1, 0.15) is 0 Å². The van der Waals surface area contributed by atoms with Crippen LogP contribution >= 0.6 is 0 Å². The van der Waals surface area contributed by atoms with E-state index in [4.69, 9.17) is 4.74 Å². The van der Waals surface area contributed by atoms with Crippen LogP contribution in [0.4, 0.5) is 0 Å². The van der Waals surface area contributed by atoms with Crippen molar-refractivity contribution < 1.29 is 4.74 Å². The molecule has 0 fully saturated rings. The van der Waals surface area contributed by atoms with Crippen LogP contribution in [0.5, 0.6) is 5.88 Å². The molecule has 2 aromatic heterocycles. The van der Waals surface area contributed by atoms with Crippen LogP contribution < -0.4 is 4.74 Å². The molecule has 2 aromatic rings. The van der Waals surface area contributed by atoms with Gasteiger partial charge in [-0.2, -0.15) is 0 Å². The van der Waals surface area contributed by atoms with Gasteiger partial charge in [-0.05, 0) is 43.2 Å². The first-order valence-corrected chi connectivity index (χ1v) is 8.62. The van der Waals surface area contributed by atoms with Crippen LogP contribution in [0.1, 0.15) is 63.9 Å². The lowest BCUT2D eigenvalue weighted by Crippen LogP contribution is -2.11. The van der Waals surface area contributed by atoms with Crippen LogP contribution in [0.3, 0.4) is 0 Å². The Balaban J connectivity index is 2.14. The molecule has 0 aromatic carbocycles. The van der Waals surface area contributed by atoms with E-state index in [1.165, 1.54) is 5.56 Å². The number of aromatic nitrogens is 3. The van der Waals surface area contributed by atoms with Crippen LogP contribution in [0, 0.1) is 19.3 Å². The zero-order chi connectivity index (χ0) is 17.9. The first kappa shape index (κ1) is 18.4. The van der Waals surface area contributed by atoms with Gasteiger partial charge in [0.15, 0.2) is 5.82 Å². The van der Waals surface area contributed by atoms with E-state index in [1.807, 2.05) is 26.0 Å². The Bertz CT molecular complexity index is 662. The van der Waals surface area contributed by atoms with Crippen molar-refractivity contribution in [1.29, 1.82) is 0 Å². The highest BCUT2D eigenvalue weighted by atomic mass is 16.5. The molecule has 24 heavy (non-hydrogen) atoms. The summed E-state index contributed by atoms with van der Waals surface area (Å²) >= 11 is 0. The van der Waals surface area contributed by atoms with Gasteiger partial charge in [0.25, 0.3) is 0 Å². The smallest absolute Gasteiger partial charge is 0.213 e. The highest BCUT2D eigenvalue weighted by Gasteiger charge is 2.13. The summed E-state index contributed by atoms with van der Waals surface area (Å²) < 4.78 is 5.72. The van der Waals surface area contributed by atoms with Gasteiger partial charge < -0.3 is 4.74 Å². The number of hydrogen-bond acceptors (Lipinski definition) is 4. The van der Waals surface area contributed by atoms with E-state index in [0.29, 0.717) is 18.4 Å². The fourth-order valence-electron chi connectivity index (χ4n) is 2.75. The van der Waals surface area contributed by atoms with E-state index in [0.717, 1.165) is 29.2 Å². The lowest BCUT2D eigenvalue weighted by Gasteiger charge is -2.17. The maximum Gasteiger partial charge on any atom is 0.213 e. The molecular formula is C20H29N3O. The van der Waals surface area contributed by atoms with Crippen LogP contribution in [0.2, 0.25) is 0 Å². The largest absolute Gasteiger partial charge is 0.478 e. The summed E-state index contributed by atoms with van der Waals surface area (Å²) in [6.07, 6.45) is 2.78. The Kier molecular flexibility index (Phi) is 5.58. The average Bonchev–Trinajstić information content (AvgIpc) is 2.45. The molecule has 0 N–H and O–H groups in total. The quantitative estimate of drug-likeness (QED) is 0.767. The Labute approximate surface area is 145 Å². The minimum Gasteiger partial charge on any atom is -0.478 e. The molecule has 0 saturated heterocycles. The molecule has 0 aliphatic rings. The number of ether oxygens (including phenoxy) is 1. The minimum atomic E-state index is 0.265. The second-order valence-electron chi connectivity index (χ2n) is 7.83. The summed E-state index contributed by atoms with van der Waals surface area (Å²) in [4.78, 5) is 13.7. The topological polar surface area (TPSA) is 47.9 Å². The number of hydrogen-bond donors (Lipinski definition) is 0. The molecule has 0 radical (unpaired) electrons. The third-order valence-electron chi connectivity index (χ3n) is 4.00. The highest BCUT2D eigenvalue weighted by molar-refractivity contribution is 5.55. The zero-order valence-corrected chi connectivity index (χ0v) is 16.0. The number of nitrogens with zero attached hydrogens (tertiary/aromatic N) is 3. The second-order valence-corrected chi connectivity index (χ2v) is 7.83. The van der Waals surface area contributed by atoms with E-state index in [-0.39, 0.29) is 5.41 Å². The van der Waals surface area contributed by atoms with Crippen molar-refractivity contribution in [3.63, 3.8) is 0 Å². The molecule has 0 amide bonds. The third-order valence-corrected chi connectivity index (χ3v) is 4.00. The minimum absolute atomic E-state index is 0.265. The Morgan fingerprint density at radius 2 is 1.67 bits per heavy atom. The molecule has 0 aliphatic carbocycles. The van der Waals surface area contributed by atoms with Crippen LogP contribution in [0.25, 0.3) is 11.4 Å². The Morgan fingerprint density at radius 3 is 2.12 bits per heavy atom. The Hall–Kier alpha value is -1.97. The molecule has 2 heterocycles. The summed E-state index contributed by atoms with van der Waals surface area (Å²) in [7, 11) is 0. The van der Waals surface area contributed by atoms with Gasteiger partial charge in [0.2, 0.25) is 5.88 Å². The van der Waals surface area contributed by atoms with Crippen molar-refractivity contribution in [2.45, 2.75) is 60.8 Å². The average molecular weight is 327 g/mol. The summed E-state index contributed by atoms with van der Waals surface area (Å²) in [5.41, 5.74) is 4.49. The predicted molar refractivity (Wildman–Crippen MR) is 98.4 cm³/mol. The molecule has 0 unspecified atom stereocenters. The molecule has 0 atom stereocenters. The van der Waals surface area contributed by atoms with Crippen LogP contribution in [0.15, 0.2) is 18.3 Å². The van der Waals surface area contributed by atoms with Crippen molar-refractivity contribution in [3.05, 3.63) is 35.3 Å². The first-order valence-electron chi connectivity index (χ1n) is 8.62. The van der Waals surface area contributed by atoms with Crippen LogP contribution in [-0.2, 0) is 0 Å². The lowest BCUT2D eigenvalue weighted by atomic mass is 9.93. The standard InChI is InChI=1S/C20H29N3O/c1-13(2)18-14(3)22-19(23-15(18)4)16-8-9-17(21-12-16)24-11-10-20(5,6)7/h8-9,12-13H,10-11H2,1-7H3. The lowest BCUT2D eigenvalue weighted by molar-refractivity contribution is 0.236. The molecule has 0 bridgehead atoms. The van der Waals surface area contributed by atoms with E-state index in [2.05, 4.69) is 49.6 Å². The van der Waals surface area contributed by atoms with Gasteiger partial charge in [-0.3, -0.25) is 0 Å². The van der Waals surface area contributed by atoms with Crippen molar-refractivity contribution >= 4 is 0 Å². The molecule has 2 rings (SSSR count). The fraction of sp³-hybridized carbons (Fsp3) is 0.550. The normalized spacial score (nSPS) is 11.8. The molecule has 0 saturated carbocycles. The van der Waals surface area contributed by atoms with E-state index in [9.17, 15) is 0 Å². The van der Waals surface area contributed by atoms with Crippen molar-refractivity contribution in [1.82, 2.24) is 15.0 Å². The molecule has 4 nitrogen and oxygen atoms in total. The maximum atomic E-state index is 5.72. The van der Waals surface area contributed by atoms with E-state index >= 15 is 0 Å². The fourth-order valence-corrected chi connectivity index (χ4v) is 2.75. The maximum absolute atomic E-state index is 5.72. The SMILES string of the molecule is Cc1nc(-c2ccc(OCCC(C)(C)C)nc2)nc(C)c1C(C)C. The van der Waals surface area contributed by atoms with Gasteiger partial charge in [-0.15, -0.1) is 0 Å². The molecule has 4 heteroatoms. The molecule has 130 valence electrons. The van der Waals surface area contributed by atoms with Gasteiger partial charge in [0.05, 0.1) is 6.61 Å². The van der Waals surface area contributed by atoms with Crippen molar-refractivity contribution in [2.75, 3.05) is 6.61 Å². The predicted octanol–water partition coefficient (Wildman–Crippen LogP) is 5.09. The number of rotatable bonds is 5. The number of pyridine rings is 1. The third kappa shape index (κ3) is 4.76. The summed E-state index contributed by atoms with van der Waals surface area (Å²) in [5, 5.41) is 0. The van der Waals surface area contributed by atoms with Crippen LogP contribution in [-0.4, -0.2) is 21.6 Å². The van der Waals surface area contributed by atoms with Crippen molar-refractivity contribution in [2.24, 2.45) is 5.41 Å². The summed E-state index contributed by atoms with van der Waals surface area (Å²) in [6, 6.07) is 3.87. The first-order chi connectivity index (χ1) is 11.2.